The number of pyridine rings is 1. The molecule has 1 aromatic carbocycles. The van der Waals surface area contributed by atoms with E-state index in [0.29, 0.717) is 10.7 Å². The Labute approximate surface area is 150 Å². The molecule has 5 nitrogen and oxygen atoms in total. The van der Waals surface area contributed by atoms with Crippen LogP contribution in [-0.4, -0.2) is 29.0 Å². The quantitative estimate of drug-likeness (QED) is 0.769. The second-order valence-corrected chi connectivity index (χ2v) is 7.50. The molecular formula is C19H20N4OS. The topological polar surface area (TPSA) is 58.1 Å². The van der Waals surface area contributed by atoms with E-state index in [2.05, 4.69) is 39.2 Å². The molecule has 0 atom stereocenters. The number of hydrogen-bond acceptors (Lipinski definition) is 5. The molecule has 1 N–H and O–H groups in total. The highest BCUT2D eigenvalue weighted by Gasteiger charge is 2.21. The van der Waals surface area contributed by atoms with Crippen molar-refractivity contribution in [1.29, 1.82) is 0 Å². The van der Waals surface area contributed by atoms with E-state index in [1.165, 1.54) is 16.9 Å². The van der Waals surface area contributed by atoms with Gasteiger partial charge in [0.1, 0.15) is 5.82 Å². The summed E-state index contributed by atoms with van der Waals surface area (Å²) >= 11 is 1.51. The molecule has 6 heteroatoms. The normalized spacial score (nSPS) is 14.2. The number of aryl methyl sites for hydroxylation is 2. The second kappa shape index (κ2) is 6.44. The van der Waals surface area contributed by atoms with Crippen LogP contribution in [0, 0.1) is 13.8 Å². The van der Waals surface area contributed by atoms with Gasteiger partial charge in [-0.05, 0) is 56.0 Å². The number of thiazole rings is 1. The predicted molar refractivity (Wildman–Crippen MR) is 103 cm³/mol. The average Bonchev–Trinajstić information content (AvgIpc) is 3.24. The Morgan fingerprint density at radius 1 is 1.24 bits per heavy atom. The summed E-state index contributed by atoms with van der Waals surface area (Å²) in [5.74, 6) is 0.620. The number of nitrogens with zero attached hydrogens (tertiary/aromatic N) is 3. The van der Waals surface area contributed by atoms with Crippen LogP contribution in [0.5, 0.6) is 0 Å². The number of hydrogen-bond donors (Lipinski definition) is 1. The van der Waals surface area contributed by atoms with Crippen molar-refractivity contribution in [3.63, 3.8) is 0 Å². The summed E-state index contributed by atoms with van der Waals surface area (Å²) in [4.78, 5) is 24.0. The standard InChI is InChI=1S/C19H20N4OS/c1-12-10-13(2)16-15(11-12)25-19(21-16)22-18(24)14-6-5-7-20-17(14)23-8-3-4-9-23/h5-7,10-11H,3-4,8-9H2,1-2H3,(H,21,22,24). The van der Waals surface area contributed by atoms with Crippen molar-refractivity contribution in [3.8, 4) is 0 Å². The molecular weight excluding hydrogens is 332 g/mol. The molecule has 4 rings (SSSR count). The van der Waals surface area contributed by atoms with E-state index in [-0.39, 0.29) is 5.91 Å². The summed E-state index contributed by atoms with van der Waals surface area (Å²) in [5, 5.41) is 3.59. The lowest BCUT2D eigenvalue weighted by molar-refractivity contribution is 0.102. The van der Waals surface area contributed by atoms with E-state index in [9.17, 15) is 4.79 Å². The molecule has 2 aromatic heterocycles. The minimum Gasteiger partial charge on any atom is -0.356 e. The van der Waals surface area contributed by atoms with Gasteiger partial charge in [0.15, 0.2) is 5.13 Å². The van der Waals surface area contributed by atoms with Crippen LogP contribution in [0.4, 0.5) is 10.9 Å². The first-order valence-electron chi connectivity index (χ1n) is 8.51. The maximum absolute atomic E-state index is 12.8. The van der Waals surface area contributed by atoms with Crippen LogP contribution in [0.2, 0.25) is 0 Å². The van der Waals surface area contributed by atoms with Crippen molar-refractivity contribution >= 4 is 38.4 Å². The van der Waals surface area contributed by atoms with Crippen molar-refractivity contribution in [2.45, 2.75) is 26.7 Å². The van der Waals surface area contributed by atoms with Crippen LogP contribution in [-0.2, 0) is 0 Å². The number of benzene rings is 1. The minimum absolute atomic E-state index is 0.150. The number of anilines is 2. The van der Waals surface area contributed by atoms with Gasteiger partial charge in [0.05, 0.1) is 15.8 Å². The molecule has 25 heavy (non-hydrogen) atoms. The smallest absolute Gasteiger partial charge is 0.261 e. The molecule has 0 spiro atoms. The zero-order valence-electron chi connectivity index (χ0n) is 14.4. The third-order valence-electron chi connectivity index (χ3n) is 4.49. The van der Waals surface area contributed by atoms with Gasteiger partial charge in [-0.25, -0.2) is 9.97 Å². The Balaban J connectivity index is 1.63. The largest absolute Gasteiger partial charge is 0.356 e. The molecule has 1 amide bonds. The van der Waals surface area contributed by atoms with E-state index < -0.39 is 0 Å². The molecule has 3 heterocycles. The fourth-order valence-electron chi connectivity index (χ4n) is 3.34. The van der Waals surface area contributed by atoms with Crippen molar-refractivity contribution in [2.24, 2.45) is 0 Å². The van der Waals surface area contributed by atoms with Crippen LogP contribution < -0.4 is 10.2 Å². The van der Waals surface area contributed by atoms with Crippen molar-refractivity contribution < 1.29 is 4.79 Å². The van der Waals surface area contributed by atoms with Gasteiger partial charge < -0.3 is 4.90 Å². The highest BCUT2D eigenvalue weighted by atomic mass is 32.1. The van der Waals surface area contributed by atoms with E-state index in [1.54, 1.807) is 12.3 Å². The van der Waals surface area contributed by atoms with Gasteiger partial charge in [-0.3, -0.25) is 10.1 Å². The molecule has 128 valence electrons. The molecule has 0 bridgehead atoms. The van der Waals surface area contributed by atoms with Gasteiger partial charge in [0, 0.05) is 19.3 Å². The van der Waals surface area contributed by atoms with E-state index in [1.807, 2.05) is 13.0 Å². The van der Waals surface area contributed by atoms with Gasteiger partial charge in [-0.1, -0.05) is 17.4 Å². The van der Waals surface area contributed by atoms with Gasteiger partial charge in [0.25, 0.3) is 5.91 Å². The predicted octanol–water partition coefficient (Wildman–Crippen LogP) is 4.16. The van der Waals surface area contributed by atoms with Gasteiger partial charge in [0.2, 0.25) is 0 Å². The molecule has 0 saturated carbocycles. The fourth-order valence-corrected chi connectivity index (χ4v) is 4.38. The molecule has 0 aliphatic carbocycles. The summed E-state index contributed by atoms with van der Waals surface area (Å²) < 4.78 is 1.10. The summed E-state index contributed by atoms with van der Waals surface area (Å²) in [6.07, 6.45) is 4.04. The summed E-state index contributed by atoms with van der Waals surface area (Å²) in [6.45, 7) is 6.03. The Morgan fingerprint density at radius 3 is 2.84 bits per heavy atom. The Kier molecular flexibility index (Phi) is 4.13. The number of rotatable bonds is 3. The van der Waals surface area contributed by atoms with Crippen LogP contribution in [0.1, 0.15) is 34.3 Å². The van der Waals surface area contributed by atoms with Gasteiger partial charge >= 0.3 is 0 Å². The Bertz CT molecular complexity index is 944. The van der Waals surface area contributed by atoms with Crippen LogP contribution >= 0.6 is 11.3 Å². The lowest BCUT2D eigenvalue weighted by atomic mass is 10.1. The van der Waals surface area contributed by atoms with E-state index >= 15 is 0 Å². The maximum atomic E-state index is 12.8. The average molecular weight is 352 g/mol. The number of aromatic nitrogens is 2. The first-order chi connectivity index (χ1) is 12.1. The molecule has 1 saturated heterocycles. The first kappa shape index (κ1) is 16.0. The maximum Gasteiger partial charge on any atom is 0.261 e. The minimum atomic E-state index is -0.150. The van der Waals surface area contributed by atoms with Crippen LogP contribution in [0.25, 0.3) is 10.2 Å². The van der Waals surface area contributed by atoms with Crippen molar-refractivity contribution in [2.75, 3.05) is 23.3 Å². The highest BCUT2D eigenvalue weighted by molar-refractivity contribution is 7.22. The molecule has 0 radical (unpaired) electrons. The summed E-state index contributed by atoms with van der Waals surface area (Å²) in [7, 11) is 0. The monoisotopic (exact) mass is 352 g/mol. The molecule has 1 fully saturated rings. The van der Waals surface area contributed by atoms with E-state index in [4.69, 9.17) is 0 Å². The van der Waals surface area contributed by atoms with Crippen molar-refractivity contribution in [1.82, 2.24) is 9.97 Å². The first-order valence-corrected chi connectivity index (χ1v) is 9.32. The molecule has 1 aliphatic heterocycles. The number of nitrogens with one attached hydrogen (secondary N) is 1. The highest BCUT2D eigenvalue weighted by Crippen LogP contribution is 2.30. The number of carbonyl (C=O) groups excluding carboxylic acids is 1. The van der Waals surface area contributed by atoms with Gasteiger partial charge in [-0.2, -0.15) is 0 Å². The number of carbonyl (C=O) groups is 1. The molecule has 3 aromatic rings. The van der Waals surface area contributed by atoms with Gasteiger partial charge in [-0.15, -0.1) is 0 Å². The Hall–Kier alpha value is -2.47. The van der Waals surface area contributed by atoms with Crippen molar-refractivity contribution in [3.05, 3.63) is 47.2 Å². The molecule has 1 aliphatic rings. The third-order valence-corrected chi connectivity index (χ3v) is 5.41. The number of fused-ring (bicyclic) bond motifs is 1. The van der Waals surface area contributed by atoms with Crippen LogP contribution in [0.3, 0.4) is 0 Å². The van der Waals surface area contributed by atoms with Crippen LogP contribution in [0.15, 0.2) is 30.5 Å². The zero-order chi connectivity index (χ0) is 17.4. The summed E-state index contributed by atoms with van der Waals surface area (Å²) in [6, 6.07) is 7.86. The second-order valence-electron chi connectivity index (χ2n) is 6.47. The molecule has 0 unspecified atom stereocenters. The SMILES string of the molecule is Cc1cc(C)c2nc(NC(=O)c3cccnc3N3CCCC3)sc2c1. The zero-order valence-corrected chi connectivity index (χ0v) is 15.2. The van der Waals surface area contributed by atoms with E-state index in [0.717, 1.165) is 47.5 Å². The Morgan fingerprint density at radius 2 is 2.04 bits per heavy atom. The lowest BCUT2D eigenvalue weighted by Gasteiger charge is -2.18. The fraction of sp³-hybridized carbons (Fsp3) is 0.316. The summed E-state index contributed by atoms with van der Waals surface area (Å²) in [5.41, 5.74) is 3.90. The third kappa shape index (κ3) is 3.09. The lowest BCUT2D eigenvalue weighted by Crippen LogP contribution is -2.24. The number of amides is 1.